The van der Waals surface area contributed by atoms with E-state index < -0.39 is 0 Å². The lowest BCUT2D eigenvalue weighted by Crippen LogP contribution is -2.42. The second kappa shape index (κ2) is 5.96. The Morgan fingerprint density at radius 1 is 1.40 bits per heavy atom. The van der Waals surface area contributed by atoms with Gasteiger partial charge in [0.05, 0.1) is 0 Å². The number of nitrogens with two attached hydrogens (primary N) is 1. The van der Waals surface area contributed by atoms with Crippen molar-refractivity contribution in [1.29, 1.82) is 0 Å². The molecule has 3 nitrogen and oxygen atoms in total. The first-order chi connectivity index (χ1) is 9.45. The number of rotatable bonds is 3. The molecular formula is C17H26N2O. The van der Waals surface area contributed by atoms with Crippen LogP contribution in [0.3, 0.4) is 0 Å². The van der Waals surface area contributed by atoms with Crippen molar-refractivity contribution in [3.05, 3.63) is 29.8 Å². The smallest absolute Gasteiger partial charge is 0.230 e. The van der Waals surface area contributed by atoms with E-state index in [0.29, 0.717) is 6.54 Å². The molecule has 1 amide bonds. The van der Waals surface area contributed by atoms with Crippen LogP contribution in [0.1, 0.15) is 45.1 Å². The second-order valence-corrected chi connectivity index (χ2v) is 6.56. The van der Waals surface area contributed by atoms with Crippen molar-refractivity contribution >= 4 is 11.6 Å². The number of anilines is 1. The average Bonchev–Trinajstić information content (AvgIpc) is 2.45. The van der Waals surface area contributed by atoms with Crippen molar-refractivity contribution in [3.63, 3.8) is 0 Å². The summed E-state index contributed by atoms with van der Waals surface area (Å²) in [7, 11) is 1.88. The largest absolute Gasteiger partial charge is 0.326 e. The molecule has 1 unspecified atom stereocenters. The SMILES string of the molecule is CN(C(=O)C1CCCCC1(C)C)c1cccc(CN)c1. The van der Waals surface area contributed by atoms with Gasteiger partial charge in [-0.25, -0.2) is 0 Å². The summed E-state index contributed by atoms with van der Waals surface area (Å²) in [5.41, 5.74) is 7.79. The zero-order chi connectivity index (χ0) is 14.8. The number of amides is 1. The van der Waals surface area contributed by atoms with Gasteiger partial charge in [-0.15, -0.1) is 0 Å². The maximum atomic E-state index is 12.8. The van der Waals surface area contributed by atoms with E-state index in [-0.39, 0.29) is 17.2 Å². The second-order valence-electron chi connectivity index (χ2n) is 6.56. The van der Waals surface area contributed by atoms with Crippen LogP contribution in [0.5, 0.6) is 0 Å². The molecule has 0 spiro atoms. The molecule has 110 valence electrons. The molecule has 0 heterocycles. The fraction of sp³-hybridized carbons (Fsp3) is 0.588. The summed E-state index contributed by atoms with van der Waals surface area (Å²) >= 11 is 0. The topological polar surface area (TPSA) is 46.3 Å². The van der Waals surface area contributed by atoms with Crippen LogP contribution >= 0.6 is 0 Å². The minimum absolute atomic E-state index is 0.106. The molecule has 0 aliphatic heterocycles. The predicted molar refractivity (Wildman–Crippen MR) is 83.5 cm³/mol. The molecule has 1 aromatic rings. The Balaban J connectivity index is 2.19. The first-order valence-corrected chi connectivity index (χ1v) is 7.52. The van der Waals surface area contributed by atoms with Gasteiger partial charge in [-0.1, -0.05) is 38.8 Å². The summed E-state index contributed by atoms with van der Waals surface area (Å²) < 4.78 is 0. The quantitative estimate of drug-likeness (QED) is 0.919. The minimum Gasteiger partial charge on any atom is -0.326 e. The summed E-state index contributed by atoms with van der Waals surface area (Å²) in [6, 6.07) is 7.94. The highest BCUT2D eigenvalue weighted by molar-refractivity contribution is 5.95. The third-order valence-corrected chi connectivity index (χ3v) is 4.67. The Morgan fingerprint density at radius 3 is 2.80 bits per heavy atom. The number of nitrogens with zero attached hydrogens (tertiary/aromatic N) is 1. The number of benzene rings is 1. The van der Waals surface area contributed by atoms with E-state index in [1.54, 1.807) is 4.90 Å². The number of carbonyl (C=O) groups is 1. The average molecular weight is 274 g/mol. The molecule has 1 saturated carbocycles. The lowest BCUT2D eigenvalue weighted by Gasteiger charge is -2.39. The Morgan fingerprint density at radius 2 is 2.15 bits per heavy atom. The molecule has 0 aromatic heterocycles. The Labute approximate surface area is 122 Å². The maximum Gasteiger partial charge on any atom is 0.230 e. The van der Waals surface area contributed by atoms with Crippen LogP contribution in [0.4, 0.5) is 5.69 Å². The molecule has 1 aromatic carbocycles. The molecule has 1 aliphatic rings. The molecular weight excluding hydrogens is 248 g/mol. The number of hydrogen-bond acceptors (Lipinski definition) is 2. The summed E-state index contributed by atoms with van der Waals surface area (Å²) in [5.74, 6) is 0.367. The Kier molecular flexibility index (Phi) is 4.48. The van der Waals surface area contributed by atoms with Crippen molar-refractivity contribution in [2.75, 3.05) is 11.9 Å². The molecule has 20 heavy (non-hydrogen) atoms. The fourth-order valence-electron chi connectivity index (χ4n) is 3.20. The zero-order valence-corrected chi connectivity index (χ0v) is 12.9. The zero-order valence-electron chi connectivity index (χ0n) is 12.9. The van der Waals surface area contributed by atoms with Gasteiger partial charge in [-0.3, -0.25) is 4.79 Å². The predicted octanol–water partition coefficient (Wildman–Crippen LogP) is 3.32. The molecule has 0 radical (unpaired) electrons. The van der Waals surface area contributed by atoms with Crippen molar-refractivity contribution in [2.24, 2.45) is 17.1 Å². The van der Waals surface area contributed by atoms with Crippen LogP contribution in [0, 0.1) is 11.3 Å². The molecule has 1 fully saturated rings. The maximum absolute atomic E-state index is 12.8. The van der Waals surface area contributed by atoms with Crippen LogP contribution < -0.4 is 10.6 Å². The third kappa shape index (κ3) is 3.04. The lowest BCUT2D eigenvalue weighted by atomic mass is 9.68. The first kappa shape index (κ1) is 15.0. The van der Waals surface area contributed by atoms with Crippen LogP contribution in [0.25, 0.3) is 0 Å². The molecule has 2 rings (SSSR count). The van der Waals surface area contributed by atoms with Crippen molar-refractivity contribution in [3.8, 4) is 0 Å². The normalized spacial score (nSPS) is 21.5. The van der Waals surface area contributed by atoms with Crippen LogP contribution in [-0.2, 0) is 11.3 Å². The van der Waals surface area contributed by atoms with E-state index in [4.69, 9.17) is 5.73 Å². The monoisotopic (exact) mass is 274 g/mol. The van der Waals surface area contributed by atoms with E-state index in [1.807, 2.05) is 31.3 Å². The number of hydrogen-bond donors (Lipinski definition) is 1. The van der Waals surface area contributed by atoms with E-state index >= 15 is 0 Å². The molecule has 2 N–H and O–H groups in total. The van der Waals surface area contributed by atoms with Gasteiger partial charge >= 0.3 is 0 Å². The van der Waals surface area contributed by atoms with Gasteiger partial charge in [0.25, 0.3) is 0 Å². The third-order valence-electron chi connectivity index (χ3n) is 4.67. The summed E-state index contributed by atoms with van der Waals surface area (Å²) in [6.07, 6.45) is 4.55. The van der Waals surface area contributed by atoms with E-state index in [2.05, 4.69) is 13.8 Å². The van der Waals surface area contributed by atoms with Crippen LogP contribution in [-0.4, -0.2) is 13.0 Å². The highest BCUT2D eigenvalue weighted by Crippen LogP contribution is 2.41. The van der Waals surface area contributed by atoms with Gasteiger partial charge in [0.1, 0.15) is 0 Å². The number of carbonyl (C=O) groups excluding carboxylic acids is 1. The lowest BCUT2D eigenvalue weighted by molar-refractivity contribution is -0.127. The van der Waals surface area contributed by atoms with Crippen molar-refractivity contribution < 1.29 is 4.79 Å². The minimum atomic E-state index is 0.106. The van der Waals surface area contributed by atoms with Crippen molar-refractivity contribution in [1.82, 2.24) is 0 Å². The van der Waals surface area contributed by atoms with E-state index in [9.17, 15) is 4.79 Å². The fourth-order valence-corrected chi connectivity index (χ4v) is 3.20. The van der Waals surface area contributed by atoms with Gasteiger partial charge in [0.2, 0.25) is 5.91 Å². The summed E-state index contributed by atoms with van der Waals surface area (Å²) in [4.78, 5) is 14.6. The van der Waals surface area contributed by atoms with Gasteiger partial charge in [-0.2, -0.15) is 0 Å². The molecule has 3 heteroatoms. The van der Waals surface area contributed by atoms with Gasteiger partial charge in [0.15, 0.2) is 0 Å². The highest BCUT2D eigenvalue weighted by atomic mass is 16.2. The summed E-state index contributed by atoms with van der Waals surface area (Å²) in [5, 5.41) is 0. The van der Waals surface area contributed by atoms with E-state index in [1.165, 1.54) is 6.42 Å². The van der Waals surface area contributed by atoms with Crippen LogP contribution in [0.2, 0.25) is 0 Å². The Hall–Kier alpha value is -1.35. The van der Waals surface area contributed by atoms with Crippen LogP contribution in [0.15, 0.2) is 24.3 Å². The van der Waals surface area contributed by atoms with Gasteiger partial charge in [-0.05, 0) is 36.0 Å². The Bertz CT molecular complexity index is 482. The van der Waals surface area contributed by atoms with Crippen molar-refractivity contribution in [2.45, 2.75) is 46.1 Å². The molecule has 1 aliphatic carbocycles. The molecule has 0 saturated heterocycles. The van der Waals surface area contributed by atoms with Gasteiger partial charge in [0, 0.05) is 25.2 Å². The summed E-state index contributed by atoms with van der Waals surface area (Å²) in [6.45, 7) is 4.95. The first-order valence-electron chi connectivity index (χ1n) is 7.52. The van der Waals surface area contributed by atoms with Gasteiger partial charge < -0.3 is 10.6 Å². The highest BCUT2D eigenvalue weighted by Gasteiger charge is 2.38. The standard InChI is InChI=1S/C17H26N2O/c1-17(2)10-5-4-9-15(17)16(20)19(3)14-8-6-7-13(11-14)12-18/h6-8,11,15H,4-5,9-10,12,18H2,1-3H3. The molecule has 1 atom stereocenters. The van der Waals surface area contributed by atoms with E-state index in [0.717, 1.165) is 30.5 Å². The molecule has 0 bridgehead atoms.